The van der Waals surface area contributed by atoms with Crippen molar-refractivity contribution >= 4 is 49.6 Å². The zero-order chi connectivity index (χ0) is 23.7. The minimum Gasteiger partial charge on any atom is -0.494 e. The second-order valence-corrected chi connectivity index (χ2v) is 10.7. The quantitative estimate of drug-likeness (QED) is 0.419. The van der Waals surface area contributed by atoms with Crippen LogP contribution in [0, 0.1) is 4.78 Å². The van der Waals surface area contributed by atoms with Crippen LogP contribution < -0.4 is 15.0 Å². The predicted molar refractivity (Wildman–Crippen MR) is 135 cm³/mol. The molecule has 3 heterocycles. The molecule has 0 radical (unpaired) electrons. The molecule has 1 aliphatic heterocycles. The number of nitrogens with zero attached hydrogens (tertiary/aromatic N) is 5. The van der Waals surface area contributed by atoms with Crippen molar-refractivity contribution in [2.24, 2.45) is 0 Å². The molecule has 0 spiro atoms. The number of aromatic nitrogens is 4. The van der Waals surface area contributed by atoms with E-state index in [2.05, 4.69) is 30.2 Å². The average molecular weight is 496 g/mol. The number of halogens is 1. The maximum Gasteiger partial charge on any atom is 0.227 e. The third-order valence-electron chi connectivity index (χ3n) is 5.69. The number of fused-ring (bicyclic) bond motifs is 1. The fraction of sp³-hybridized carbons (Fsp3) is 0.217. The first-order valence-corrected chi connectivity index (χ1v) is 12.9. The molecular formula is C23H22ClN7O2S. The van der Waals surface area contributed by atoms with Gasteiger partial charge < -0.3 is 15.0 Å². The summed E-state index contributed by atoms with van der Waals surface area (Å²) in [7, 11) is -0.859. The zero-order valence-electron chi connectivity index (χ0n) is 18.4. The lowest BCUT2D eigenvalue weighted by Gasteiger charge is -2.30. The van der Waals surface area contributed by atoms with Crippen molar-refractivity contribution < 1.29 is 8.95 Å². The van der Waals surface area contributed by atoms with E-state index in [1.807, 2.05) is 42.5 Å². The molecule has 174 valence electrons. The van der Waals surface area contributed by atoms with E-state index in [1.165, 1.54) is 12.5 Å². The van der Waals surface area contributed by atoms with Crippen LogP contribution in [0.5, 0.6) is 5.75 Å². The number of nitrogens with one attached hydrogen (secondary N) is 2. The summed E-state index contributed by atoms with van der Waals surface area (Å²) in [6.45, 7) is 1.16. The Morgan fingerprint density at radius 1 is 1.09 bits per heavy atom. The molecule has 1 aliphatic rings. The van der Waals surface area contributed by atoms with Crippen LogP contribution in [-0.4, -0.2) is 55.8 Å². The van der Waals surface area contributed by atoms with Gasteiger partial charge in [-0.3, -0.25) is 4.78 Å². The Kier molecular flexibility index (Phi) is 5.93. The van der Waals surface area contributed by atoms with Gasteiger partial charge in [0, 0.05) is 51.5 Å². The Hall–Kier alpha value is -3.50. The van der Waals surface area contributed by atoms with Gasteiger partial charge >= 0.3 is 0 Å². The van der Waals surface area contributed by atoms with Gasteiger partial charge in [0.15, 0.2) is 0 Å². The van der Waals surface area contributed by atoms with Gasteiger partial charge in [-0.2, -0.15) is 0 Å². The Morgan fingerprint density at radius 3 is 2.68 bits per heavy atom. The Balaban J connectivity index is 1.45. The van der Waals surface area contributed by atoms with Crippen molar-refractivity contribution in [1.29, 1.82) is 4.78 Å². The molecule has 34 heavy (non-hydrogen) atoms. The molecule has 2 aromatic carbocycles. The van der Waals surface area contributed by atoms with Crippen LogP contribution in [0.4, 0.5) is 17.3 Å². The molecule has 1 saturated heterocycles. The second kappa shape index (κ2) is 9.03. The van der Waals surface area contributed by atoms with E-state index in [0.29, 0.717) is 58.4 Å². The number of hydrogen-bond donors (Lipinski definition) is 2. The molecule has 2 aromatic heterocycles. The number of anilines is 3. The van der Waals surface area contributed by atoms with Crippen molar-refractivity contribution in [2.45, 2.75) is 0 Å². The van der Waals surface area contributed by atoms with E-state index >= 15 is 0 Å². The molecule has 11 heteroatoms. The molecule has 1 fully saturated rings. The number of ether oxygens (including phenoxy) is 1. The molecule has 2 N–H and O–H groups in total. The fourth-order valence-electron chi connectivity index (χ4n) is 3.87. The maximum atomic E-state index is 12.0. The van der Waals surface area contributed by atoms with Crippen LogP contribution in [-0.2, 0) is 9.73 Å². The van der Waals surface area contributed by atoms with Crippen molar-refractivity contribution in [1.82, 2.24) is 19.9 Å². The number of methoxy groups -OCH3 is 1. The van der Waals surface area contributed by atoms with Crippen LogP contribution in [0.3, 0.4) is 0 Å². The molecular weight excluding hydrogens is 474 g/mol. The van der Waals surface area contributed by atoms with Gasteiger partial charge in [0.1, 0.15) is 23.5 Å². The number of para-hydroxylation sites is 1. The Bertz CT molecular complexity index is 1460. The topological polar surface area (TPSA) is 117 Å². The smallest absolute Gasteiger partial charge is 0.227 e. The standard InChI is InChI=1S/C23H22ClN7O2S/c1-33-20-12-15(31-8-10-34(25,32)11-9-31)6-7-19(20)29-23-26-13-17(24)22(30-23)21-16-4-2-3-5-18(16)27-14-28-21/h2-7,12-14,25H,8-11H2,1H3,(H,26,29,30). The molecule has 0 aliphatic carbocycles. The van der Waals surface area contributed by atoms with Crippen molar-refractivity contribution in [3.63, 3.8) is 0 Å². The third kappa shape index (κ3) is 4.46. The second-order valence-electron chi connectivity index (χ2n) is 7.85. The highest BCUT2D eigenvalue weighted by Gasteiger charge is 2.20. The fourth-order valence-corrected chi connectivity index (χ4v) is 5.29. The lowest BCUT2D eigenvalue weighted by Crippen LogP contribution is -2.39. The van der Waals surface area contributed by atoms with Crippen LogP contribution in [0.25, 0.3) is 22.3 Å². The number of hydrogen-bond acceptors (Lipinski definition) is 9. The highest BCUT2D eigenvalue weighted by atomic mass is 35.5. The van der Waals surface area contributed by atoms with Crippen LogP contribution in [0.2, 0.25) is 5.02 Å². The molecule has 5 rings (SSSR count). The summed E-state index contributed by atoms with van der Waals surface area (Å²) >= 11 is 6.44. The third-order valence-corrected chi connectivity index (χ3v) is 7.65. The van der Waals surface area contributed by atoms with Crippen molar-refractivity contribution in [3.05, 3.63) is 60.0 Å². The first kappa shape index (κ1) is 22.3. The van der Waals surface area contributed by atoms with E-state index in [1.54, 1.807) is 7.11 Å². The lowest BCUT2D eigenvalue weighted by atomic mass is 10.1. The van der Waals surface area contributed by atoms with Gasteiger partial charge in [-0.25, -0.2) is 24.1 Å². The minimum absolute atomic E-state index is 0.347. The number of rotatable bonds is 5. The zero-order valence-corrected chi connectivity index (χ0v) is 19.9. The Labute approximate surface area is 202 Å². The summed E-state index contributed by atoms with van der Waals surface area (Å²) in [5, 5.41) is 4.43. The number of benzene rings is 2. The van der Waals surface area contributed by atoms with Gasteiger partial charge in [0.2, 0.25) is 5.95 Å². The van der Waals surface area contributed by atoms with Crippen LogP contribution in [0.1, 0.15) is 0 Å². The van der Waals surface area contributed by atoms with Crippen molar-refractivity contribution in [2.75, 3.05) is 41.9 Å². The SMILES string of the molecule is COc1cc(N2CCS(=N)(=O)CC2)ccc1Nc1ncc(Cl)c(-c2ncnc3ccccc23)n1. The largest absolute Gasteiger partial charge is 0.494 e. The first-order valence-electron chi connectivity index (χ1n) is 10.6. The van der Waals surface area contributed by atoms with E-state index in [4.69, 9.17) is 21.1 Å². The summed E-state index contributed by atoms with van der Waals surface area (Å²) in [6, 6.07) is 13.4. The highest BCUT2D eigenvalue weighted by Crippen LogP contribution is 2.34. The van der Waals surface area contributed by atoms with E-state index in [0.717, 1.165) is 16.6 Å². The summed E-state index contributed by atoms with van der Waals surface area (Å²) in [6.07, 6.45) is 3.03. The first-order chi connectivity index (χ1) is 16.4. The minimum atomic E-state index is -2.45. The lowest BCUT2D eigenvalue weighted by molar-refractivity contribution is 0.416. The van der Waals surface area contributed by atoms with Crippen LogP contribution >= 0.6 is 11.6 Å². The van der Waals surface area contributed by atoms with Gasteiger partial charge in [-0.1, -0.05) is 29.8 Å². The summed E-state index contributed by atoms with van der Waals surface area (Å²) in [5.74, 6) is 1.70. The molecule has 0 saturated carbocycles. The average Bonchev–Trinajstić information content (AvgIpc) is 2.85. The van der Waals surface area contributed by atoms with Crippen LogP contribution in [0.15, 0.2) is 55.0 Å². The van der Waals surface area contributed by atoms with Crippen molar-refractivity contribution in [3.8, 4) is 17.1 Å². The molecule has 0 atom stereocenters. The maximum absolute atomic E-state index is 12.0. The Morgan fingerprint density at radius 2 is 1.88 bits per heavy atom. The molecule has 0 bridgehead atoms. The molecule has 0 amide bonds. The summed E-state index contributed by atoms with van der Waals surface area (Å²) < 4.78 is 25.4. The van der Waals surface area contributed by atoms with Gasteiger partial charge in [0.05, 0.1) is 29.5 Å². The van der Waals surface area contributed by atoms with E-state index < -0.39 is 9.73 Å². The predicted octanol–water partition coefficient (Wildman–Crippen LogP) is 4.36. The van der Waals surface area contributed by atoms with Gasteiger partial charge in [-0.05, 0) is 18.2 Å². The van der Waals surface area contributed by atoms with E-state index in [9.17, 15) is 4.21 Å². The van der Waals surface area contributed by atoms with E-state index in [-0.39, 0.29) is 0 Å². The highest BCUT2D eigenvalue weighted by molar-refractivity contribution is 7.92. The normalized spacial score (nSPS) is 15.3. The molecule has 9 nitrogen and oxygen atoms in total. The summed E-state index contributed by atoms with van der Waals surface area (Å²) in [4.78, 5) is 19.8. The monoisotopic (exact) mass is 495 g/mol. The molecule has 4 aromatic rings. The summed E-state index contributed by atoms with van der Waals surface area (Å²) in [5.41, 5.74) is 3.56. The molecule has 0 unspecified atom stereocenters. The van der Waals surface area contributed by atoms with Gasteiger partial charge in [0.25, 0.3) is 0 Å². The van der Waals surface area contributed by atoms with Gasteiger partial charge in [-0.15, -0.1) is 0 Å².